The number of nitrogens with zero attached hydrogens (tertiary/aromatic N) is 1. The first kappa shape index (κ1) is 15.2. The van der Waals surface area contributed by atoms with Gasteiger partial charge in [0.25, 0.3) is 0 Å². The molecule has 106 valence electrons. The van der Waals surface area contributed by atoms with Crippen molar-refractivity contribution in [2.24, 2.45) is 11.3 Å². The number of amides is 1. The topological polar surface area (TPSA) is 92.4 Å². The molecule has 0 aromatic carbocycles. The predicted octanol–water partition coefficient (Wildman–Crippen LogP) is 1.65. The van der Waals surface area contributed by atoms with Crippen LogP contribution in [0.1, 0.15) is 38.1 Å². The van der Waals surface area contributed by atoms with Crippen molar-refractivity contribution in [1.82, 2.24) is 10.3 Å². The van der Waals surface area contributed by atoms with Crippen LogP contribution in [0, 0.1) is 25.2 Å². The minimum absolute atomic E-state index is 0.0906. The minimum atomic E-state index is -1.13. The summed E-state index contributed by atoms with van der Waals surface area (Å²) >= 11 is 0. The summed E-state index contributed by atoms with van der Waals surface area (Å²) in [7, 11) is 0. The fraction of sp³-hybridized carbons (Fsp3) is 0.615. The first-order valence-electron chi connectivity index (χ1n) is 6.06. The third-order valence-electron chi connectivity index (χ3n) is 2.86. The standard InChI is InChI=1S/C13H20N2O4/c1-7-8(2)19-9(15-7)6-14-11(16)10(12(17)18)13(3,4)5/h10H,6H2,1-5H3,(H,14,16)(H,17,18). The molecule has 0 aliphatic carbocycles. The lowest BCUT2D eigenvalue weighted by molar-refractivity contribution is -0.151. The van der Waals surface area contributed by atoms with Gasteiger partial charge in [-0.2, -0.15) is 0 Å². The number of aromatic nitrogens is 1. The van der Waals surface area contributed by atoms with Gasteiger partial charge in [0.15, 0.2) is 0 Å². The molecule has 1 aromatic heterocycles. The number of carbonyl (C=O) groups is 2. The first-order valence-corrected chi connectivity index (χ1v) is 6.06. The Morgan fingerprint density at radius 1 is 1.37 bits per heavy atom. The zero-order valence-corrected chi connectivity index (χ0v) is 11.9. The molecule has 0 spiro atoms. The Bertz CT molecular complexity index is 466. The van der Waals surface area contributed by atoms with Crippen LogP contribution in [0.25, 0.3) is 0 Å². The zero-order valence-electron chi connectivity index (χ0n) is 11.9. The maximum atomic E-state index is 11.9. The zero-order chi connectivity index (χ0) is 14.8. The summed E-state index contributed by atoms with van der Waals surface area (Å²) in [6.07, 6.45) is 0. The lowest BCUT2D eigenvalue weighted by Gasteiger charge is -2.25. The largest absolute Gasteiger partial charge is 0.481 e. The summed E-state index contributed by atoms with van der Waals surface area (Å²) in [5, 5.41) is 11.7. The quantitative estimate of drug-likeness (QED) is 0.810. The molecule has 1 atom stereocenters. The van der Waals surface area contributed by atoms with Gasteiger partial charge in [0.1, 0.15) is 11.7 Å². The summed E-state index contributed by atoms with van der Waals surface area (Å²) < 4.78 is 5.32. The van der Waals surface area contributed by atoms with E-state index in [4.69, 9.17) is 9.52 Å². The van der Waals surface area contributed by atoms with Crippen molar-refractivity contribution in [2.75, 3.05) is 0 Å². The smallest absolute Gasteiger partial charge is 0.316 e. The molecule has 0 saturated carbocycles. The highest BCUT2D eigenvalue weighted by molar-refractivity contribution is 5.97. The molecular weight excluding hydrogens is 248 g/mol. The van der Waals surface area contributed by atoms with E-state index in [9.17, 15) is 9.59 Å². The summed E-state index contributed by atoms with van der Waals surface area (Å²) in [6.45, 7) is 8.82. The van der Waals surface area contributed by atoms with Crippen molar-refractivity contribution in [3.05, 3.63) is 17.3 Å². The molecule has 1 rings (SSSR count). The molecule has 0 saturated heterocycles. The number of aryl methyl sites for hydroxylation is 2. The van der Waals surface area contributed by atoms with Crippen LogP contribution in [0.2, 0.25) is 0 Å². The Balaban J connectivity index is 2.71. The summed E-state index contributed by atoms with van der Waals surface area (Å²) in [4.78, 5) is 27.2. The number of carbonyl (C=O) groups excluding carboxylic acids is 1. The average molecular weight is 268 g/mol. The Morgan fingerprint density at radius 3 is 2.32 bits per heavy atom. The van der Waals surface area contributed by atoms with Crippen LogP contribution in [0.5, 0.6) is 0 Å². The van der Waals surface area contributed by atoms with E-state index in [1.54, 1.807) is 34.6 Å². The van der Waals surface area contributed by atoms with E-state index < -0.39 is 23.2 Å². The van der Waals surface area contributed by atoms with Crippen LogP contribution in [-0.2, 0) is 16.1 Å². The fourth-order valence-corrected chi connectivity index (χ4v) is 1.76. The van der Waals surface area contributed by atoms with Crippen molar-refractivity contribution in [1.29, 1.82) is 0 Å². The fourth-order valence-electron chi connectivity index (χ4n) is 1.76. The van der Waals surface area contributed by atoms with Crippen LogP contribution >= 0.6 is 0 Å². The first-order chi connectivity index (χ1) is 8.62. The number of nitrogens with one attached hydrogen (secondary N) is 1. The number of hydrogen-bond donors (Lipinski definition) is 2. The van der Waals surface area contributed by atoms with Gasteiger partial charge in [0, 0.05) is 0 Å². The van der Waals surface area contributed by atoms with Gasteiger partial charge in [-0.1, -0.05) is 20.8 Å². The van der Waals surface area contributed by atoms with E-state index in [0.717, 1.165) is 5.69 Å². The number of hydrogen-bond acceptors (Lipinski definition) is 4. The van der Waals surface area contributed by atoms with Crippen LogP contribution in [0.4, 0.5) is 0 Å². The van der Waals surface area contributed by atoms with Gasteiger partial charge in [0.05, 0.1) is 12.2 Å². The second-order valence-corrected chi connectivity index (χ2v) is 5.60. The van der Waals surface area contributed by atoms with Crippen LogP contribution in [0.3, 0.4) is 0 Å². The van der Waals surface area contributed by atoms with Crippen molar-refractivity contribution in [3.8, 4) is 0 Å². The maximum Gasteiger partial charge on any atom is 0.316 e. The van der Waals surface area contributed by atoms with E-state index in [1.807, 2.05) is 0 Å². The van der Waals surface area contributed by atoms with E-state index >= 15 is 0 Å². The molecule has 1 unspecified atom stereocenters. The van der Waals surface area contributed by atoms with E-state index in [-0.39, 0.29) is 6.54 Å². The van der Waals surface area contributed by atoms with Crippen LogP contribution in [0.15, 0.2) is 4.42 Å². The Morgan fingerprint density at radius 2 is 1.95 bits per heavy atom. The highest BCUT2D eigenvalue weighted by atomic mass is 16.4. The predicted molar refractivity (Wildman–Crippen MR) is 68.4 cm³/mol. The number of aliphatic carboxylic acids is 1. The highest BCUT2D eigenvalue weighted by Crippen LogP contribution is 2.26. The van der Waals surface area contributed by atoms with Gasteiger partial charge in [0.2, 0.25) is 11.8 Å². The molecule has 0 fully saturated rings. The molecular formula is C13H20N2O4. The molecule has 0 bridgehead atoms. The highest BCUT2D eigenvalue weighted by Gasteiger charge is 2.37. The average Bonchev–Trinajstić information content (AvgIpc) is 2.53. The van der Waals surface area contributed by atoms with Gasteiger partial charge < -0.3 is 14.8 Å². The van der Waals surface area contributed by atoms with Gasteiger partial charge in [-0.3, -0.25) is 9.59 Å². The summed E-state index contributed by atoms with van der Waals surface area (Å²) in [6, 6.07) is 0. The minimum Gasteiger partial charge on any atom is -0.481 e. The van der Waals surface area contributed by atoms with Gasteiger partial charge in [-0.05, 0) is 19.3 Å². The van der Waals surface area contributed by atoms with Crippen LogP contribution < -0.4 is 5.32 Å². The van der Waals surface area contributed by atoms with Gasteiger partial charge in [-0.25, -0.2) is 4.98 Å². The number of carboxylic acids is 1. The maximum absolute atomic E-state index is 11.9. The number of oxazole rings is 1. The third-order valence-corrected chi connectivity index (χ3v) is 2.86. The second kappa shape index (κ2) is 5.42. The van der Waals surface area contributed by atoms with E-state index in [2.05, 4.69) is 10.3 Å². The molecule has 1 heterocycles. The third kappa shape index (κ3) is 3.81. The molecule has 1 aromatic rings. The van der Waals surface area contributed by atoms with Crippen molar-refractivity contribution in [3.63, 3.8) is 0 Å². The monoisotopic (exact) mass is 268 g/mol. The Labute approximate surface area is 112 Å². The molecule has 0 radical (unpaired) electrons. The van der Waals surface area contributed by atoms with E-state index in [1.165, 1.54) is 0 Å². The molecule has 0 aliphatic rings. The van der Waals surface area contributed by atoms with Crippen LogP contribution in [-0.4, -0.2) is 22.0 Å². The normalized spacial score (nSPS) is 13.1. The molecule has 2 N–H and O–H groups in total. The van der Waals surface area contributed by atoms with Gasteiger partial charge >= 0.3 is 5.97 Å². The molecule has 0 aliphatic heterocycles. The Hall–Kier alpha value is -1.85. The molecule has 6 nitrogen and oxygen atoms in total. The molecule has 6 heteroatoms. The van der Waals surface area contributed by atoms with E-state index in [0.29, 0.717) is 11.7 Å². The van der Waals surface area contributed by atoms with Crippen molar-refractivity contribution in [2.45, 2.75) is 41.2 Å². The van der Waals surface area contributed by atoms with Gasteiger partial charge in [-0.15, -0.1) is 0 Å². The number of carboxylic acid groups (broad SMARTS) is 1. The molecule has 19 heavy (non-hydrogen) atoms. The van der Waals surface area contributed by atoms with Crippen molar-refractivity contribution < 1.29 is 19.1 Å². The lowest BCUT2D eigenvalue weighted by Crippen LogP contribution is -2.42. The number of rotatable bonds is 4. The summed E-state index contributed by atoms with van der Waals surface area (Å²) in [5.74, 6) is -1.71. The SMILES string of the molecule is Cc1nc(CNC(=O)C(C(=O)O)C(C)(C)C)oc1C. The summed E-state index contributed by atoms with van der Waals surface area (Å²) in [5.41, 5.74) is 0.105. The lowest BCUT2D eigenvalue weighted by atomic mass is 9.80. The molecule has 1 amide bonds. The second-order valence-electron chi connectivity index (χ2n) is 5.60. The van der Waals surface area contributed by atoms with Crippen molar-refractivity contribution >= 4 is 11.9 Å². The Kier molecular flexibility index (Phi) is 4.34.